The Morgan fingerprint density at radius 2 is 1.84 bits per heavy atom. The molecule has 1 saturated heterocycles. The van der Waals surface area contributed by atoms with Crippen molar-refractivity contribution in [1.82, 2.24) is 29.5 Å². The number of anilines is 2. The van der Waals surface area contributed by atoms with Crippen LogP contribution in [0.1, 0.15) is 24.1 Å². The number of halogens is 6. The van der Waals surface area contributed by atoms with Crippen LogP contribution in [0.2, 0.25) is 0 Å². The minimum atomic E-state index is -3.78. The van der Waals surface area contributed by atoms with Gasteiger partial charge in [0, 0.05) is 44.9 Å². The Bertz CT molecular complexity index is 1410. The second-order valence-corrected chi connectivity index (χ2v) is 8.78. The third-order valence-electron chi connectivity index (χ3n) is 6.12. The van der Waals surface area contributed by atoms with Crippen LogP contribution in [0.4, 0.5) is 37.8 Å². The molecule has 4 aromatic heterocycles. The summed E-state index contributed by atoms with van der Waals surface area (Å²) in [5, 5.41) is 7.27. The fourth-order valence-electron chi connectivity index (χ4n) is 4.13. The Morgan fingerprint density at radius 3 is 2.57 bits per heavy atom. The van der Waals surface area contributed by atoms with Crippen molar-refractivity contribution in [1.29, 1.82) is 0 Å². The van der Waals surface area contributed by atoms with Crippen LogP contribution in [0.3, 0.4) is 0 Å². The Labute approximate surface area is 207 Å². The molecule has 5 rings (SSSR count). The van der Waals surface area contributed by atoms with E-state index >= 15 is 0 Å². The lowest BCUT2D eigenvalue weighted by Crippen LogP contribution is -2.38. The Morgan fingerprint density at radius 1 is 1.05 bits per heavy atom. The second kappa shape index (κ2) is 9.61. The number of fused-ring (bicyclic) bond motifs is 1. The smallest absolute Gasteiger partial charge is 0.317 e. The summed E-state index contributed by atoms with van der Waals surface area (Å²) < 4.78 is 83.8. The van der Waals surface area contributed by atoms with Crippen LogP contribution in [-0.2, 0) is 12.5 Å². The lowest BCUT2D eigenvalue weighted by atomic mass is 10.1. The maximum Gasteiger partial charge on any atom is 0.317 e. The summed E-state index contributed by atoms with van der Waals surface area (Å²) in [4.78, 5) is 13.9. The largest absolute Gasteiger partial charge is 0.336 e. The number of hydrogen-bond acceptors (Lipinski definition) is 6. The van der Waals surface area contributed by atoms with Crippen molar-refractivity contribution in [3.63, 3.8) is 0 Å². The van der Waals surface area contributed by atoms with Crippen LogP contribution in [0, 0.1) is 5.82 Å². The van der Waals surface area contributed by atoms with Gasteiger partial charge in [-0.05, 0) is 29.8 Å². The van der Waals surface area contributed by atoms with Gasteiger partial charge in [0.25, 0.3) is 5.92 Å². The normalized spacial score (nSPS) is 16.3. The molecule has 0 saturated carbocycles. The van der Waals surface area contributed by atoms with Crippen LogP contribution in [0.15, 0.2) is 48.9 Å². The van der Waals surface area contributed by atoms with Gasteiger partial charge >= 0.3 is 5.92 Å². The minimum Gasteiger partial charge on any atom is -0.336 e. The van der Waals surface area contributed by atoms with E-state index < -0.39 is 30.0 Å². The van der Waals surface area contributed by atoms with E-state index in [1.165, 1.54) is 28.9 Å². The molecule has 1 aliphatic heterocycles. The molecule has 194 valence electrons. The number of pyridine rings is 2. The molecule has 0 atom stereocenters. The van der Waals surface area contributed by atoms with Crippen molar-refractivity contribution >= 4 is 17.0 Å². The zero-order valence-corrected chi connectivity index (χ0v) is 19.3. The number of rotatable bonds is 7. The molecule has 0 spiro atoms. The van der Waals surface area contributed by atoms with Gasteiger partial charge in [-0.2, -0.15) is 8.78 Å². The monoisotopic (exact) mass is 521 g/mol. The van der Waals surface area contributed by atoms with Gasteiger partial charge in [0.15, 0.2) is 18.3 Å². The fourth-order valence-corrected chi connectivity index (χ4v) is 4.13. The number of hydrogen-bond donors (Lipinski definition) is 1. The van der Waals surface area contributed by atoms with E-state index in [-0.39, 0.29) is 49.0 Å². The van der Waals surface area contributed by atoms with Gasteiger partial charge in [-0.1, -0.05) is 6.07 Å². The lowest BCUT2D eigenvalue weighted by Gasteiger charge is -2.31. The molecule has 37 heavy (non-hydrogen) atoms. The number of nitrogens with one attached hydrogen (secondary N) is 1. The fraction of sp³-hybridized carbons (Fsp3) is 0.333. The standard InChI is InChI=1S/C24H21F6N7/c25-14-24(29,30)19-3-1-2-18(32-19)21-34-22(33-17-4-8-31-12-16(17)26)20-15(5-9-37(20)35-21)13-36-10-6-23(27,28)7-11-36/h1-5,8-9,12H,6-7,10-11,13-14H2,(H,31,33,34,35). The molecule has 13 heteroatoms. The summed E-state index contributed by atoms with van der Waals surface area (Å²) in [5.74, 6) is -7.06. The molecule has 7 nitrogen and oxygen atoms in total. The van der Waals surface area contributed by atoms with Crippen molar-refractivity contribution < 1.29 is 26.3 Å². The molecular formula is C24H21F6N7. The van der Waals surface area contributed by atoms with Crippen molar-refractivity contribution in [2.45, 2.75) is 31.2 Å². The molecule has 1 fully saturated rings. The molecule has 0 bridgehead atoms. The minimum absolute atomic E-state index is 0.0423. The van der Waals surface area contributed by atoms with Crippen molar-refractivity contribution in [2.75, 3.05) is 25.1 Å². The van der Waals surface area contributed by atoms with Gasteiger partial charge in [0.1, 0.15) is 16.9 Å². The lowest BCUT2D eigenvalue weighted by molar-refractivity contribution is -0.0565. The van der Waals surface area contributed by atoms with Crippen molar-refractivity contribution in [2.24, 2.45) is 0 Å². The third-order valence-corrected chi connectivity index (χ3v) is 6.12. The van der Waals surface area contributed by atoms with E-state index in [1.807, 2.05) is 4.90 Å². The van der Waals surface area contributed by atoms with E-state index in [0.717, 1.165) is 12.3 Å². The number of piperidine rings is 1. The molecule has 0 aromatic carbocycles. The number of likely N-dealkylation sites (tertiary alicyclic amines) is 1. The van der Waals surface area contributed by atoms with Crippen LogP contribution < -0.4 is 5.32 Å². The van der Waals surface area contributed by atoms with Crippen LogP contribution in [0.5, 0.6) is 0 Å². The summed E-state index contributed by atoms with van der Waals surface area (Å²) in [6.45, 7) is -1.20. The molecule has 4 aromatic rings. The van der Waals surface area contributed by atoms with Gasteiger partial charge in [0.05, 0.1) is 11.9 Å². The highest BCUT2D eigenvalue weighted by atomic mass is 19.3. The maximum atomic E-state index is 14.4. The van der Waals surface area contributed by atoms with Crippen LogP contribution >= 0.6 is 0 Å². The van der Waals surface area contributed by atoms with E-state index in [1.54, 1.807) is 12.3 Å². The maximum absolute atomic E-state index is 14.4. The SMILES string of the molecule is FCC(F)(F)c1cccc(-c2nc(Nc3ccncc3F)c3c(CN4CCC(F)(F)CC4)ccn3n2)n1. The predicted octanol–water partition coefficient (Wildman–Crippen LogP) is 5.36. The average molecular weight is 521 g/mol. The van der Waals surface area contributed by atoms with Crippen LogP contribution in [-0.4, -0.2) is 55.2 Å². The summed E-state index contributed by atoms with van der Waals surface area (Å²) in [6, 6.07) is 6.81. The highest BCUT2D eigenvalue weighted by Crippen LogP contribution is 2.32. The first-order valence-electron chi connectivity index (χ1n) is 11.4. The Balaban J connectivity index is 1.57. The van der Waals surface area contributed by atoms with Gasteiger partial charge < -0.3 is 5.32 Å². The van der Waals surface area contributed by atoms with E-state index in [9.17, 15) is 26.3 Å². The van der Waals surface area contributed by atoms with Crippen molar-refractivity contribution in [3.8, 4) is 11.5 Å². The number of aromatic nitrogens is 5. The first-order valence-corrected chi connectivity index (χ1v) is 11.4. The molecule has 0 unspecified atom stereocenters. The molecule has 5 heterocycles. The topological polar surface area (TPSA) is 71.2 Å². The van der Waals surface area contributed by atoms with Crippen LogP contribution in [0.25, 0.3) is 17.0 Å². The predicted molar refractivity (Wildman–Crippen MR) is 123 cm³/mol. The second-order valence-electron chi connectivity index (χ2n) is 8.78. The van der Waals surface area contributed by atoms with Gasteiger partial charge in [-0.3, -0.25) is 9.88 Å². The average Bonchev–Trinajstić information content (AvgIpc) is 3.29. The summed E-state index contributed by atoms with van der Waals surface area (Å²) >= 11 is 0. The third kappa shape index (κ3) is 5.22. The molecule has 1 aliphatic rings. The highest BCUT2D eigenvalue weighted by Gasteiger charge is 2.35. The summed E-state index contributed by atoms with van der Waals surface area (Å²) in [6.07, 6.45) is 3.49. The molecule has 0 amide bonds. The van der Waals surface area contributed by atoms with E-state index in [2.05, 4.69) is 25.4 Å². The Hall–Kier alpha value is -3.74. The van der Waals surface area contributed by atoms with E-state index in [4.69, 9.17) is 0 Å². The first kappa shape index (κ1) is 24.9. The summed E-state index contributed by atoms with van der Waals surface area (Å²) in [7, 11) is 0. The zero-order chi connectivity index (χ0) is 26.2. The number of nitrogens with zero attached hydrogens (tertiary/aromatic N) is 6. The summed E-state index contributed by atoms with van der Waals surface area (Å²) in [5.41, 5.74) is 0.374. The van der Waals surface area contributed by atoms with Gasteiger partial charge in [-0.15, -0.1) is 5.10 Å². The van der Waals surface area contributed by atoms with E-state index in [0.29, 0.717) is 17.6 Å². The van der Waals surface area contributed by atoms with Gasteiger partial charge in [-0.25, -0.2) is 32.0 Å². The molecular weight excluding hydrogens is 500 g/mol. The molecule has 1 N–H and O–H groups in total. The number of alkyl halides is 5. The molecule has 0 radical (unpaired) electrons. The Kier molecular flexibility index (Phi) is 6.48. The molecule has 0 aliphatic carbocycles. The highest BCUT2D eigenvalue weighted by molar-refractivity contribution is 5.78. The van der Waals surface area contributed by atoms with Crippen molar-refractivity contribution in [3.05, 3.63) is 66.0 Å². The van der Waals surface area contributed by atoms with Gasteiger partial charge in [0.2, 0.25) is 5.82 Å². The zero-order valence-electron chi connectivity index (χ0n) is 19.3. The quantitative estimate of drug-likeness (QED) is 0.330. The first-order chi connectivity index (χ1) is 17.6.